The third-order valence-electron chi connectivity index (χ3n) is 2.95. The van der Waals surface area contributed by atoms with Crippen LogP contribution in [0.15, 0.2) is 12.3 Å². The average molecular weight is 237 g/mol. The number of amides is 1. The molecule has 1 atom stereocenters. The first-order valence-electron chi connectivity index (χ1n) is 6.21. The van der Waals surface area contributed by atoms with Crippen LogP contribution in [0.1, 0.15) is 36.7 Å². The highest BCUT2D eigenvalue weighted by Gasteiger charge is 2.25. The monoisotopic (exact) mass is 237 g/mol. The highest BCUT2D eigenvalue weighted by atomic mass is 16.5. The molecule has 1 aliphatic rings. The fourth-order valence-electron chi connectivity index (χ4n) is 2.09. The second-order valence-electron chi connectivity index (χ2n) is 4.36. The van der Waals surface area contributed by atoms with Gasteiger partial charge in [0.1, 0.15) is 5.69 Å². The van der Waals surface area contributed by atoms with E-state index in [2.05, 4.69) is 17.1 Å². The summed E-state index contributed by atoms with van der Waals surface area (Å²) in [7, 11) is 0. The molecule has 0 aromatic carbocycles. The van der Waals surface area contributed by atoms with Crippen molar-refractivity contribution in [3.63, 3.8) is 0 Å². The molecule has 5 heteroatoms. The fraction of sp³-hybridized carbons (Fsp3) is 0.667. The summed E-state index contributed by atoms with van der Waals surface area (Å²) in [6.45, 7) is 4.37. The fourth-order valence-corrected chi connectivity index (χ4v) is 2.09. The SMILES string of the molecule is CCCO[C@H]1CCCN(C(=O)c2ccn[nH]2)C1. The second-order valence-corrected chi connectivity index (χ2v) is 4.36. The molecule has 0 saturated carbocycles. The zero-order valence-corrected chi connectivity index (χ0v) is 10.2. The van der Waals surface area contributed by atoms with Crippen molar-refractivity contribution < 1.29 is 9.53 Å². The molecule has 5 nitrogen and oxygen atoms in total. The molecule has 1 N–H and O–H groups in total. The minimum absolute atomic E-state index is 0.0206. The summed E-state index contributed by atoms with van der Waals surface area (Å²) in [5.74, 6) is 0.0206. The Labute approximate surface area is 101 Å². The molecule has 0 unspecified atom stereocenters. The molecule has 17 heavy (non-hydrogen) atoms. The van der Waals surface area contributed by atoms with E-state index >= 15 is 0 Å². The van der Waals surface area contributed by atoms with E-state index in [0.29, 0.717) is 12.2 Å². The highest BCUT2D eigenvalue weighted by Crippen LogP contribution is 2.15. The summed E-state index contributed by atoms with van der Waals surface area (Å²) >= 11 is 0. The number of likely N-dealkylation sites (tertiary alicyclic amines) is 1. The van der Waals surface area contributed by atoms with Gasteiger partial charge in [0.25, 0.3) is 5.91 Å². The summed E-state index contributed by atoms with van der Waals surface area (Å²) in [5, 5.41) is 6.51. The number of ether oxygens (including phenoxy) is 1. The van der Waals surface area contributed by atoms with Gasteiger partial charge in [-0.2, -0.15) is 5.10 Å². The standard InChI is InChI=1S/C12H19N3O2/c1-2-8-17-10-4-3-7-15(9-10)12(16)11-5-6-13-14-11/h5-6,10H,2-4,7-9H2,1H3,(H,13,14)/t10-/m0/s1. The Bertz CT molecular complexity index is 351. The van der Waals surface area contributed by atoms with Crippen molar-refractivity contribution in [3.05, 3.63) is 18.0 Å². The Morgan fingerprint density at radius 2 is 2.59 bits per heavy atom. The number of hydrogen-bond acceptors (Lipinski definition) is 3. The maximum Gasteiger partial charge on any atom is 0.271 e. The van der Waals surface area contributed by atoms with Gasteiger partial charge < -0.3 is 9.64 Å². The van der Waals surface area contributed by atoms with Crippen molar-refractivity contribution in [3.8, 4) is 0 Å². The molecule has 0 aliphatic carbocycles. The lowest BCUT2D eigenvalue weighted by Gasteiger charge is -2.32. The predicted molar refractivity (Wildman–Crippen MR) is 63.8 cm³/mol. The molecular weight excluding hydrogens is 218 g/mol. The van der Waals surface area contributed by atoms with Gasteiger partial charge in [-0.25, -0.2) is 0 Å². The molecule has 1 aromatic heterocycles. The molecule has 2 rings (SSSR count). The molecule has 1 aromatic rings. The van der Waals surface area contributed by atoms with E-state index in [1.54, 1.807) is 12.3 Å². The van der Waals surface area contributed by atoms with E-state index in [1.807, 2.05) is 4.90 Å². The molecule has 1 aliphatic heterocycles. The van der Waals surface area contributed by atoms with Crippen molar-refractivity contribution in [2.24, 2.45) is 0 Å². The molecule has 1 amide bonds. The number of aromatic nitrogens is 2. The minimum Gasteiger partial charge on any atom is -0.376 e. The van der Waals surface area contributed by atoms with Crippen molar-refractivity contribution in [2.45, 2.75) is 32.3 Å². The number of hydrogen-bond donors (Lipinski definition) is 1. The molecule has 94 valence electrons. The van der Waals surface area contributed by atoms with Crippen LogP contribution in [0.25, 0.3) is 0 Å². The number of nitrogens with zero attached hydrogens (tertiary/aromatic N) is 2. The Morgan fingerprint density at radius 3 is 3.29 bits per heavy atom. The average Bonchev–Trinajstić information content (AvgIpc) is 2.89. The first-order valence-corrected chi connectivity index (χ1v) is 6.21. The lowest BCUT2D eigenvalue weighted by molar-refractivity contribution is 0.00192. The minimum atomic E-state index is 0.0206. The summed E-state index contributed by atoms with van der Waals surface area (Å²) in [6, 6.07) is 1.71. The van der Waals surface area contributed by atoms with Gasteiger partial charge >= 0.3 is 0 Å². The molecule has 2 heterocycles. The van der Waals surface area contributed by atoms with Crippen LogP contribution in [0, 0.1) is 0 Å². The highest BCUT2D eigenvalue weighted by molar-refractivity contribution is 5.92. The second kappa shape index (κ2) is 5.82. The third kappa shape index (κ3) is 3.06. The Kier molecular flexibility index (Phi) is 4.14. The van der Waals surface area contributed by atoms with E-state index in [-0.39, 0.29) is 12.0 Å². The molecule has 0 bridgehead atoms. The first kappa shape index (κ1) is 12.1. The van der Waals surface area contributed by atoms with Gasteiger partial charge in [-0.3, -0.25) is 9.89 Å². The van der Waals surface area contributed by atoms with Crippen LogP contribution >= 0.6 is 0 Å². The van der Waals surface area contributed by atoms with Gasteiger partial charge in [0.05, 0.1) is 6.10 Å². The Balaban J connectivity index is 1.90. The zero-order valence-electron chi connectivity index (χ0n) is 10.2. The van der Waals surface area contributed by atoms with Gasteiger partial charge in [-0.05, 0) is 25.3 Å². The van der Waals surface area contributed by atoms with E-state index in [4.69, 9.17) is 4.74 Å². The Morgan fingerprint density at radius 1 is 1.71 bits per heavy atom. The summed E-state index contributed by atoms with van der Waals surface area (Å²) < 4.78 is 5.71. The van der Waals surface area contributed by atoms with Crippen LogP contribution in [-0.4, -0.2) is 46.8 Å². The number of carbonyl (C=O) groups excluding carboxylic acids is 1. The van der Waals surface area contributed by atoms with E-state index in [0.717, 1.165) is 32.4 Å². The number of carbonyl (C=O) groups is 1. The number of piperidine rings is 1. The van der Waals surface area contributed by atoms with Gasteiger partial charge in [-0.1, -0.05) is 6.92 Å². The number of aromatic amines is 1. The normalized spacial score (nSPS) is 20.5. The Hall–Kier alpha value is -1.36. The largest absolute Gasteiger partial charge is 0.376 e. The van der Waals surface area contributed by atoms with Crippen LogP contribution in [-0.2, 0) is 4.74 Å². The number of H-pyrrole nitrogens is 1. The molecule has 1 saturated heterocycles. The van der Waals surface area contributed by atoms with Gasteiger partial charge in [-0.15, -0.1) is 0 Å². The van der Waals surface area contributed by atoms with Crippen LogP contribution in [0.3, 0.4) is 0 Å². The number of nitrogens with one attached hydrogen (secondary N) is 1. The van der Waals surface area contributed by atoms with Gasteiger partial charge in [0, 0.05) is 25.9 Å². The maximum absolute atomic E-state index is 12.1. The summed E-state index contributed by atoms with van der Waals surface area (Å²) in [5.41, 5.74) is 0.557. The molecule has 1 fully saturated rings. The van der Waals surface area contributed by atoms with Crippen molar-refractivity contribution in [1.82, 2.24) is 15.1 Å². The zero-order chi connectivity index (χ0) is 12.1. The smallest absolute Gasteiger partial charge is 0.271 e. The van der Waals surface area contributed by atoms with Crippen LogP contribution < -0.4 is 0 Å². The maximum atomic E-state index is 12.1. The number of rotatable bonds is 4. The molecule has 0 radical (unpaired) electrons. The van der Waals surface area contributed by atoms with Crippen LogP contribution in [0.2, 0.25) is 0 Å². The van der Waals surface area contributed by atoms with E-state index < -0.39 is 0 Å². The van der Waals surface area contributed by atoms with Gasteiger partial charge in [0.15, 0.2) is 0 Å². The van der Waals surface area contributed by atoms with Crippen LogP contribution in [0.5, 0.6) is 0 Å². The van der Waals surface area contributed by atoms with Crippen molar-refractivity contribution in [1.29, 1.82) is 0 Å². The first-order chi connectivity index (χ1) is 8.31. The van der Waals surface area contributed by atoms with E-state index in [9.17, 15) is 4.79 Å². The molecular formula is C12H19N3O2. The third-order valence-corrected chi connectivity index (χ3v) is 2.95. The van der Waals surface area contributed by atoms with E-state index in [1.165, 1.54) is 0 Å². The molecule has 0 spiro atoms. The lowest BCUT2D eigenvalue weighted by Crippen LogP contribution is -2.43. The predicted octanol–water partition coefficient (Wildman–Crippen LogP) is 1.44. The quantitative estimate of drug-likeness (QED) is 0.862. The van der Waals surface area contributed by atoms with Crippen molar-refractivity contribution in [2.75, 3.05) is 19.7 Å². The lowest BCUT2D eigenvalue weighted by atomic mass is 10.1. The van der Waals surface area contributed by atoms with Crippen molar-refractivity contribution >= 4 is 5.91 Å². The van der Waals surface area contributed by atoms with Gasteiger partial charge in [0.2, 0.25) is 0 Å². The summed E-state index contributed by atoms with van der Waals surface area (Å²) in [4.78, 5) is 13.9. The summed E-state index contributed by atoms with van der Waals surface area (Å²) in [6.07, 6.45) is 4.87. The van der Waals surface area contributed by atoms with Crippen LogP contribution in [0.4, 0.5) is 0 Å². The topological polar surface area (TPSA) is 58.2 Å².